The average molecular weight is 482 g/mol. The van der Waals surface area contributed by atoms with E-state index in [4.69, 9.17) is 23.2 Å². The van der Waals surface area contributed by atoms with Crippen LogP contribution >= 0.6 is 45.9 Å². The summed E-state index contributed by atoms with van der Waals surface area (Å²) in [6, 6.07) is 6.54. The topological polar surface area (TPSA) is 86.8 Å². The van der Waals surface area contributed by atoms with Crippen LogP contribution in [0.2, 0.25) is 8.67 Å². The fraction of sp³-hybridized carbons (Fsp3) is 0.375. The molecule has 152 valence electrons. The summed E-state index contributed by atoms with van der Waals surface area (Å²) in [6.07, 6.45) is 0. The maximum absolute atomic E-state index is 12.5. The molecular formula is C16H17Cl2N3O4S3. The molecule has 1 aliphatic rings. The molecule has 0 aliphatic carbocycles. The van der Waals surface area contributed by atoms with Gasteiger partial charge in [-0.1, -0.05) is 23.2 Å². The number of thiophene rings is 2. The van der Waals surface area contributed by atoms with Crippen LogP contribution in [0.1, 0.15) is 19.3 Å². The molecule has 1 N–H and O–H groups in total. The Bertz CT molecular complexity index is 965. The predicted octanol–water partition coefficient (Wildman–Crippen LogP) is 2.63. The molecule has 7 nitrogen and oxygen atoms in total. The van der Waals surface area contributed by atoms with Crippen molar-refractivity contribution in [2.45, 2.75) is 0 Å². The fourth-order valence-corrected chi connectivity index (χ4v) is 6.01. The largest absolute Gasteiger partial charge is 0.350 e. The van der Waals surface area contributed by atoms with E-state index in [1.54, 1.807) is 29.2 Å². The molecule has 1 aliphatic heterocycles. The third kappa shape index (κ3) is 5.25. The molecule has 0 atom stereocenters. The van der Waals surface area contributed by atoms with Gasteiger partial charge in [-0.05, 0) is 24.3 Å². The first-order valence-corrected chi connectivity index (χ1v) is 12.3. The second-order valence-electron chi connectivity index (χ2n) is 5.97. The van der Waals surface area contributed by atoms with E-state index in [9.17, 15) is 18.0 Å². The maximum Gasteiger partial charge on any atom is 0.264 e. The minimum atomic E-state index is -3.53. The summed E-state index contributed by atoms with van der Waals surface area (Å²) in [4.78, 5) is 27.0. The van der Waals surface area contributed by atoms with Gasteiger partial charge in [-0.2, -0.15) is 4.31 Å². The van der Waals surface area contributed by atoms with E-state index in [2.05, 4.69) is 5.32 Å². The maximum atomic E-state index is 12.5. The molecule has 2 amide bonds. The molecule has 0 saturated carbocycles. The van der Waals surface area contributed by atoms with Crippen molar-refractivity contribution in [3.63, 3.8) is 0 Å². The molecule has 0 unspecified atom stereocenters. The van der Waals surface area contributed by atoms with Gasteiger partial charge < -0.3 is 10.2 Å². The molecule has 0 bridgehead atoms. The van der Waals surface area contributed by atoms with Gasteiger partial charge in [0, 0.05) is 32.7 Å². The minimum Gasteiger partial charge on any atom is -0.350 e. The standard InChI is InChI=1S/C16H17Cl2N3O4S3/c17-13-3-1-11(26-13)15(22)19-5-10-28(24,25)21-8-6-20(7-9-21)16(23)12-2-4-14(18)27-12/h1-4H,5-10H2,(H,19,22). The fourth-order valence-electron chi connectivity index (χ4n) is 2.70. The van der Waals surface area contributed by atoms with Crippen molar-refractivity contribution in [3.05, 3.63) is 42.7 Å². The van der Waals surface area contributed by atoms with Crippen molar-refractivity contribution < 1.29 is 18.0 Å². The first kappa shape index (κ1) is 21.5. The van der Waals surface area contributed by atoms with Gasteiger partial charge in [0.25, 0.3) is 11.8 Å². The van der Waals surface area contributed by atoms with E-state index in [1.165, 1.54) is 15.6 Å². The first-order valence-electron chi connectivity index (χ1n) is 8.32. The summed E-state index contributed by atoms with van der Waals surface area (Å²) < 4.78 is 27.4. The van der Waals surface area contributed by atoms with Gasteiger partial charge in [0.1, 0.15) is 0 Å². The van der Waals surface area contributed by atoms with E-state index in [-0.39, 0.29) is 37.2 Å². The molecule has 0 spiro atoms. The van der Waals surface area contributed by atoms with Crippen molar-refractivity contribution in [3.8, 4) is 0 Å². The molecule has 1 saturated heterocycles. The zero-order valence-corrected chi connectivity index (χ0v) is 18.5. The Morgan fingerprint density at radius 3 is 2.07 bits per heavy atom. The number of nitrogens with zero attached hydrogens (tertiary/aromatic N) is 2. The lowest BCUT2D eigenvalue weighted by Crippen LogP contribution is -2.51. The number of hydrogen-bond acceptors (Lipinski definition) is 6. The number of piperazine rings is 1. The van der Waals surface area contributed by atoms with Gasteiger partial charge in [-0.25, -0.2) is 8.42 Å². The van der Waals surface area contributed by atoms with Gasteiger partial charge in [-0.15, -0.1) is 22.7 Å². The van der Waals surface area contributed by atoms with Crippen LogP contribution in [0.3, 0.4) is 0 Å². The Morgan fingerprint density at radius 1 is 0.964 bits per heavy atom. The van der Waals surface area contributed by atoms with E-state index < -0.39 is 10.0 Å². The Hall–Kier alpha value is -1.17. The summed E-state index contributed by atoms with van der Waals surface area (Å²) in [6.45, 7) is 1.08. The van der Waals surface area contributed by atoms with Crippen molar-refractivity contribution in [1.29, 1.82) is 0 Å². The van der Waals surface area contributed by atoms with Gasteiger partial charge in [0.05, 0.1) is 24.2 Å². The lowest BCUT2D eigenvalue weighted by Gasteiger charge is -2.33. The Labute approximate surface area is 180 Å². The summed E-state index contributed by atoms with van der Waals surface area (Å²) in [7, 11) is -3.53. The summed E-state index contributed by atoms with van der Waals surface area (Å²) in [5.41, 5.74) is 0. The lowest BCUT2D eigenvalue weighted by molar-refractivity contribution is 0.0702. The highest BCUT2D eigenvalue weighted by Crippen LogP contribution is 2.23. The number of nitrogens with one attached hydrogen (secondary N) is 1. The number of halogens is 2. The SMILES string of the molecule is O=C(NCCS(=O)(=O)N1CCN(C(=O)c2ccc(Cl)s2)CC1)c1ccc(Cl)s1. The molecule has 28 heavy (non-hydrogen) atoms. The summed E-state index contributed by atoms with van der Waals surface area (Å²) >= 11 is 14.0. The van der Waals surface area contributed by atoms with Crippen LogP contribution in [0.5, 0.6) is 0 Å². The van der Waals surface area contributed by atoms with Crippen LogP contribution in [-0.2, 0) is 10.0 Å². The van der Waals surface area contributed by atoms with Gasteiger partial charge in [0.2, 0.25) is 10.0 Å². The third-order valence-electron chi connectivity index (χ3n) is 4.15. The van der Waals surface area contributed by atoms with Crippen molar-refractivity contribution in [1.82, 2.24) is 14.5 Å². The van der Waals surface area contributed by atoms with Crippen molar-refractivity contribution in [2.24, 2.45) is 0 Å². The van der Waals surface area contributed by atoms with E-state index in [1.807, 2.05) is 0 Å². The average Bonchev–Trinajstić information content (AvgIpc) is 3.29. The molecule has 0 aromatic carbocycles. The van der Waals surface area contributed by atoms with E-state index in [0.717, 1.165) is 11.3 Å². The second kappa shape index (κ2) is 9.10. The molecule has 0 radical (unpaired) electrons. The van der Waals surface area contributed by atoms with Crippen molar-refractivity contribution in [2.75, 3.05) is 38.5 Å². The number of carbonyl (C=O) groups is 2. The highest BCUT2D eigenvalue weighted by Gasteiger charge is 2.29. The smallest absolute Gasteiger partial charge is 0.264 e. The van der Waals surface area contributed by atoms with Crippen LogP contribution in [0, 0.1) is 0 Å². The third-order valence-corrected chi connectivity index (χ3v) is 8.47. The second-order valence-corrected chi connectivity index (χ2v) is 11.5. The quantitative estimate of drug-likeness (QED) is 0.686. The molecule has 1 fully saturated rings. The number of sulfonamides is 1. The van der Waals surface area contributed by atoms with Crippen LogP contribution in [0.25, 0.3) is 0 Å². The zero-order valence-electron chi connectivity index (χ0n) is 14.6. The van der Waals surface area contributed by atoms with Gasteiger partial charge in [-0.3, -0.25) is 9.59 Å². The predicted molar refractivity (Wildman–Crippen MR) is 112 cm³/mol. The lowest BCUT2D eigenvalue weighted by atomic mass is 10.3. The molecule has 3 rings (SSSR count). The Morgan fingerprint density at radius 2 is 1.54 bits per heavy atom. The van der Waals surface area contributed by atoms with Crippen molar-refractivity contribution >= 4 is 67.7 Å². The number of carbonyl (C=O) groups excluding carboxylic acids is 2. The molecular weight excluding hydrogens is 465 g/mol. The summed E-state index contributed by atoms with van der Waals surface area (Å²) in [5, 5.41) is 2.59. The number of amides is 2. The molecule has 3 heterocycles. The Kier molecular flexibility index (Phi) is 7.00. The summed E-state index contributed by atoms with van der Waals surface area (Å²) in [5.74, 6) is -0.695. The zero-order chi connectivity index (χ0) is 20.3. The number of rotatable bonds is 6. The highest BCUT2D eigenvalue weighted by atomic mass is 35.5. The Balaban J connectivity index is 1.47. The monoisotopic (exact) mass is 481 g/mol. The molecule has 12 heteroatoms. The normalized spacial score (nSPS) is 15.6. The first-order chi connectivity index (χ1) is 13.3. The molecule has 2 aromatic rings. The van der Waals surface area contributed by atoms with Crippen LogP contribution < -0.4 is 5.32 Å². The van der Waals surface area contributed by atoms with E-state index in [0.29, 0.717) is 31.5 Å². The minimum absolute atomic E-state index is 0.00350. The number of hydrogen-bond donors (Lipinski definition) is 1. The van der Waals surface area contributed by atoms with Crippen LogP contribution in [-0.4, -0.2) is 67.9 Å². The van der Waals surface area contributed by atoms with Gasteiger partial charge >= 0.3 is 0 Å². The van der Waals surface area contributed by atoms with E-state index >= 15 is 0 Å². The van der Waals surface area contributed by atoms with Crippen LogP contribution in [0.4, 0.5) is 0 Å². The highest BCUT2D eigenvalue weighted by molar-refractivity contribution is 7.89. The van der Waals surface area contributed by atoms with Gasteiger partial charge in [0.15, 0.2) is 0 Å². The van der Waals surface area contributed by atoms with Crippen LogP contribution in [0.15, 0.2) is 24.3 Å². The molecule has 2 aromatic heterocycles.